The number of alkyl halides is 3. The third-order valence-corrected chi connectivity index (χ3v) is 2.91. The lowest BCUT2D eigenvalue weighted by Crippen LogP contribution is -2.40. The van der Waals surface area contributed by atoms with Gasteiger partial charge in [-0.3, -0.25) is 9.78 Å². The summed E-state index contributed by atoms with van der Waals surface area (Å²) in [5, 5.41) is 0.0759. The average molecular weight is 325 g/mol. The standard InChI is InChI=1S/C13H16ClF3N2O2/c1-2-21-7-3-6-19(9-13(15,16)17)12(20)10-8-18-5-4-11(10)14/h4-5,8H,2-3,6-7,9H2,1H3. The van der Waals surface area contributed by atoms with Crippen LogP contribution >= 0.6 is 11.6 Å². The van der Waals surface area contributed by atoms with E-state index in [4.69, 9.17) is 16.3 Å². The molecule has 0 aliphatic carbocycles. The van der Waals surface area contributed by atoms with Crippen molar-refractivity contribution in [3.8, 4) is 0 Å². The van der Waals surface area contributed by atoms with Gasteiger partial charge in [-0.05, 0) is 19.4 Å². The van der Waals surface area contributed by atoms with Crippen molar-refractivity contribution in [1.82, 2.24) is 9.88 Å². The molecule has 0 spiro atoms. The lowest BCUT2D eigenvalue weighted by Gasteiger charge is -2.24. The molecule has 0 fully saturated rings. The molecule has 0 aliphatic heterocycles. The van der Waals surface area contributed by atoms with Gasteiger partial charge in [0.2, 0.25) is 0 Å². The Morgan fingerprint density at radius 3 is 2.76 bits per heavy atom. The predicted molar refractivity (Wildman–Crippen MR) is 72.3 cm³/mol. The average Bonchev–Trinajstić information content (AvgIpc) is 2.41. The largest absolute Gasteiger partial charge is 0.406 e. The number of nitrogens with zero attached hydrogens (tertiary/aromatic N) is 2. The fourth-order valence-electron chi connectivity index (χ4n) is 1.68. The maximum absolute atomic E-state index is 12.6. The molecule has 8 heteroatoms. The smallest absolute Gasteiger partial charge is 0.382 e. The SMILES string of the molecule is CCOCCCN(CC(F)(F)F)C(=O)c1cnccc1Cl. The van der Waals surface area contributed by atoms with E-state index in [0.717, 1.165) is 6.20 Å². The highest BCUT2D eigenvalue weighted by Crippen LogP contribution is 2.21. The molecular formula is C13H16ClF3N2O2. The fourth-order valence-corrected chi connectivity index (χ4v) is 1.86. The van der Waals surface area contributed by atoms with Crippen LogP contribution in [-0.4, -0.2) is 48.3 Å². The summed E-state index contributed by atoms with van der Waals surface area (Å²) in [4.78, 5) is 16.6. The summed E-state index contributed by atoms with van der Waals surface area (Å²) in [6, 6.07) is 1.36. The zero-order valence-corrected chi connectivity index (χ0v) is 12.2. The maximum Gasteiger partial charge on any atom is 0.406 e. The zero-order chi connectivity index (χ0) is 15.9. The quantitative estimate of drug-likeness (QED) is 0.724. The van der Waals surface area contributed by atoms with E-state index in [2.05, 4.69) is 4.98 Å². The summed E-state index contributed by atoms with van der Waals surface area (Å²) in [7, 11) is 0. The highest BCUT2D eigenvalue weighted by molar-refractivity contribution is 6.33. The molecule has 1 rings (SSSR count). The molecule has 1 amide bonds. The minimum atomic E-state index is -4.48. The van der Waals surface area contributed by atoms with Crippen LogP contribution in [0.2, 0.25) is 5.02 Å². The Bertz CT molecular complexity index is 469. The number of amides is 1. The van der Waals surface area contributed by atoms with Gasteiger partial charge >= 0.3 is 6.18 Å². The zero-order valence-electron chi connectivity index (χ0n) is 11.5. The summed E-state index contributed by atoms with van der Waals surface area (Å²) in [6.07, 6.45) is -1.64. The number of carbonyl (C=O) groups excluding carboxylic acids is 1. The molecule has 0 aromatic carbocycles. The second-order valence-electron chi connectivity index (χ2n) is 4.25. The van der Waals surface area contributed by atoms with Crippen LogP contribution in [0.5, 0.6) is 0 Å². The number of hydrogen-bond acceptors (Lipinski definition) is 3. The van der Waals surface area contributed by atoms with Crippen LogP contribution in [0.1, 0.15) is 23.7 Å². The van der Waals surface area contributed by atoms with Crippen LogP contribution in [0, 0.1) is 0 Å². The van der Waals surface area contributed by atoms with Crippen molar-refractivity contribution >= 4 is 17.5 Å². The number of halogens is 4. The Morgan fingerprint density at radius 1 is 1.48 bits per heavy atom. The molecule has 0 atom stereocenters. The molecule has 0 saturated carbocycles. The highest BCUT2D eigenvalue weighted by atomic mass is 35.5. The van der Waals surface area contributed by atoms with Gasteiger partial charge < -0.3 is 9.64 Å². The lowest BCUT2D eigenvalue weighted by molar-refractivity contribution is -0.141. The van der Waals surface area contributed by atoms with Crippen LogP contribution in [0.25, 0.3) is 0 Å². The van der Waals surface area contributed by atoms with E-state index in [0.29, 0.717) is 24.5 Å². The van der Waals surface area contributed by atoms with E-state index in [9.17, 15) is 18.0 Å². The second kappa shape index (κ2) is 8.19. The van der Waals surface area contributed by atoms with Gasteiger partial charge in [0.05, 0.1) is 10.6 Å². The topological polar surface area (TPSA) is 42.4 Å². The molecule has 21 heavy (non-hydrogen) atoms. The number of aromatic nitrogens is 1. The van der Waals surface area contributed by atoms with E-state index in [1.54, 1.807) is 6.92 Å². The summed E-state index contributed by atoms with van der Waals surface area (Å²) in [6.45, 7) is 1.15. The summed E-state index contributed by atoms with van der Waals surface area (Å²) < 4.78 is 42.8. The third kappa shape index (κ3) is 6.31. The van der Waals surface area contributed by atoms with Gasteiger partial charge in [0.1, 0.15) is 6.54 Å². The van der Waals surface area contributed by atoms with Gasteiger partial charge in [-0.2, -0.15) is 13.2 Å². The molecule has 0 radical (unpaired) electrons. The molecule has 0 N–H and O–H groups in total. The third-order valence-electron chi connectivity index (χ3n) is 2.58. The van der Waals surface area contributed by atoms with Crippen molar-refractivity contribution in [2.45, 2.75) is 19.5 Å². The van der Waals surface area contributed by atoms with Crippen LogP contribution in [0.15, 0.2) is 18.5 Å². The minimum Gasteiger partial charge on any atom is -0.382 e. The van der Waals surface area contributed by atoms with Crippen LogP contribution in [0.4, 0.5) is 13.2 Å². The molecule has 4 nitrogen and oxygen atoms in total. The van der Waals surface area contributed by atoms with Crippen LogP contribution < -0.4 is 0 Å². The lowest BCUT2D eigenvalue weighted by atomic mass is 10.2. The molecule has 118 valence electrons. The van der Waals surface area contributed by atoms with Crippen molar-refractivity contribution in [3.63, 3.8) is 0 Å². The van der Waals surface area contributed by atoms with Gasteiger partial charge in [0, 0.05) is 32.2 Å². The Kier molecular flexibility index (Phi) is 6.91. The highest BCUT2D eigenvalue weighted by Gasteiger charge is 2.33. The number of pyridine rings is 1. The van der Waals surface area contributed by atoms with Crippen molar-refractivity contribution in [2.75, 3.05) is 26.3 Å². The number of carbonyl (C=O) groups is 1. The van der Waals surface area contributed by atoms with Gasteiger partial charge in [0.25, 0.3) is 5.91 Å². The van der Waals surface area contributed by atoms with Crippen LogP contribution in [0.3, 0.4) is 0 Å². The minimum absolute atomic E-state index is 0.0418. The van der Waals surface area contributed by atoms with E-state index >= 15 is 0 Å². The maximum atomic E-state index is 12.6. The molecule has 1 heterocycles. The monoisotopic (exact) mass is 324 g/mol. The first-order chi connectivity index (χ1) is 9.85. The van der Waals surface area contributed by atoms with Gasteiger partial charge in [-0.15, -0.1) is 0 Å². The summed E-state index contributed by atoms with van der Waals surface area (Å²) in [5.41, 5.74) is -0.0418. The molecular weight excluding hydrogens is 309 g/mol. The predicted octanol–water partition coefficient (Wildman–Crippen LogP) is 3.17. The van der Waals surface area contributed by atoms with E-state index < -0.39 is 18.6 Å². The summed E-state index contributed by atoms with van der Waals surface area (Å²) >= 11 is 5.82. The Morgan fingerprint density at radius 2 is 2.19 bits per heavy atom. The van der Waals surface area contributed by atoms with Gasteiger partial charge in [0.15, 0.2) is 0 Å². The van der Waals surface area contributed by atoms with Gasteiger partial charge in [-0.25, -0.2) is 0 Å². The fraction of sp³-hybridized carbons (Fsp3) is 0.538. The molecule has 0 unspecified atom stereocenters. The van der Waals surface area contributed by atoms with Crippen molar-refractivity contribution in [2.24, 2.45) is 0 Å². The first-order valence-electron chi connectivity index (χ1n) is 6.38. The van der Waals surface area contributed by atoms with Crippen molar-refractivity contribution < 1.29 is 22.7 Å². The molecule has 1 aromatic rings. The molecule has 1 aromatic heterocycles. The molecule has 0 aliphatic rings. The van der Waals surface area contributed by atoms with Crippen molar-refractivity contribution in [3.05, 3.63) is 29.0 Å². The Balaban J connectivity index is 2.79. The van der Waals surface area contributed by atoms with Gasteiger partial charge in [-0.1, -0.05) is 11.6 Å². The van der Waals surface area contributed by atoms with Crippen molar-refractivity contribution in [1.29, 1.82) is 0 Å². The van der Waals surface area contributed by atoms with E-state index in [1.807, 2.05) is 0 Å². The first kappa shape index (κ1) is 17.7. The molecule has 0 bridgehead atoms. The normalized spacial score (nSPS) is 11.5. The Hall–Kier alpha value is -1.34. The first-order valence-corrected chi connectivity index (χ1v) is 6.76. The van der Waals surface area contributed by atoms with Crippen LogP contribution in [-0.2, 0) is 4.74 Å². The number of ether oxygens (including phenoxy) is 1. The number of hydrogen-bond donors (Lipinski definition) is 0. The molecule has 0 saturated heterocycles. The van der Waals surface area contributed by atoms with E-state index in [-0.39, 0.29) is 17.1 Å². The Labute approximate surface area is 125 Å². The van der Waals surface area contributed by atoms with E-state index in [1.165, 1.54) is 12.3 Å². The number of rotatable bonds is 7. The second-order valence-corrected chi connectivity index (χ2v) is 4.66. The summed E-state index contributed by atoms with van der Waals surface area (Å²) in [5.74, 6) is -0.790.